The zero-order valence-electron chi connectivity index (χ0n) is 11.6. The molecular weight excluding hydrogens is 276 g/mol. The van der Waals surface area contributed by atoms with Crippen LogP contribution >= 0.6 is 11.6 Å². The van der Waals surface area contributed by atoms with Gasteiger partial charge >= 0.3 is 0 Å². The third-order valence-corrected chi connectivity index (χ3v) is 2.95. The van der Waals surface area contributed by atoms with Crippen LogP contribution < -0.4 is 10.1 Å². The van der Waals surface area contributed by atoms with E-state index in [2.05, 4.69) is 5.32 Å². The largest absolute Gasteiger partial charge is 0.496 e. The lowest BCUT2D eigenvalue weighted by atomic mass is 10.1. The maximum atomic E-state index is 11.8. The second-order valence-electron chi connectivity index (χ2n) is 4.13. The number of alkyl halides is 1. The van der Waals surface area contributed by atoms with E-state index in [-0.39, 0.29) is 11.5 Å². The number of nitriles is 1. The summed E-state index contributed by atoms with van der Waals surface area (Å²) in [7, 11) is 1.57. The Hall–Kier alpha value is -1.99. The van der Waals surface area contributed by atoms with E-state index in [4.69, 9.17) is 21.6 Å². The number of benzene rings is 1. The number of rotatable bonds is 6. The Morgan fingerprint density at radius 1 is 1.55 bits per heavy atom. The highest BCUT2D eigenvalue weighted by atomic mass is 35.5. The van der Waals surface area contributed by atoms with Crippen molar-refractivity contribution in [2.75, 3.05) is 13.7 Å². The Morgan fingerprint density at radius 3 is 2.85 bits per heavy atom. The van der Waals surface area contributed by atoms with Crippen LogP contribution in [0, 0.1) is 11.3 Å². The van der Waals surface area contributed by atoms with E-state index in [0.29, 0.717) is 18.2 Å². The van der Waals surface area contributed by atoms with Crippen LogP contribution in [0.1, 0.15) is 24.5 Å². The van der Waals surface area contributed by atoms with Crippen LogP contribution in [0.25, 0.3) is 6.08 Å². The van der Waals surface area contributed by atoms with Gasteiger partial charge in [-0.05, 0) is 30.2 Å². The van der Waals surface area contributed by atoms with Gasteiger partial charge in [0.2, 0.25) is 0 Å². The quantitative estimate of drug-likeness (QED) is 0.498. The summed E-state index contributed by atoms with van der Waals surface area (Å²) < 4.78 is 5.17. The molecule has 20 heavy (non-hydrogen) atoms. The highest BCUT2D eigenvalue weighted by molar-refractivity contribution is 6.17. The zero-order chi connectivity index (χ0) is 15.0. The highest BCUT2D eigenvalue weighted by Gasteiger charge is 2.09. The molecule has 1 aromatic rings. The predicted molar refractivity (Wildman–Crippen MR) is 79.4 cm³/mol. The van der Waals surface area contributed by atoms with Gasteiger partial charge in [0.1, 0.15) is 17.4 Å². The maximum absolute atomic E-state index is 11.8. The SMILES string of the molecule is CCCNC(=O)/C(C#N)=C\c1ccc(OC)c(CCl)c1. The van der Waals surface area contributed by atoms with Crippen molar-refractivity contribution >= 4 is 23.6 Å². The molecule has 0 heterocycles. The molecule has 1 amide bonds. The van der Waals surface area contributed by atoms with Gasteiger partial charge in [-0.2, -0.15) is 5.26 Å². The van der Waals surface area contributed by atoms with Crippen LogP contribution in [0.15, 0.2) is 23.8 Å². The van der Waals surface area contributed by atoms with Crippen molar-refractivity contribution in [2.45, 2.75) is 19.2 Å². The van der Waals surface area contributed by atoms with E-state index >= 15 is 0 Å². The van der Waals surface area contributed by atoms with Gasteiger partial charge in [-0.25, -0.2) is 0 Å². The topological polar surface area (TPSA) is 62.1 Å². The molecule has 0 aliphatic rings. The number of hydrogen-bond donors (Lipinski definition) is 1. The number of halogens is 1. The minimum Gasteiger partial charge on any atom is -0.496 e. The average molecular weight is 293 g/mol. The Bertz CT molecular complexity index is 547. The third kappa shape index (κ3) is 4.29. The first-order valence-electron chi connectivity index (χ1n) is 6.29. The second-order valence-corrected chi connectivity index (χ2v) is 4.40. The van der Waals surface area contributed by atoms with Gasteiger partial charge in [-0.1, -0.05) is 13.0 Å². The van der Waals surface area contributed by atoms with E-state index < -0.39 is 0 Å². The van der Waals surface area contributed by atoms with Crippen molar-refractivity contribution in [1.82, 2.24) is 5.32 Å². The fraction of sp³-hybridized carbons (Fsp3) is 0.333. The van der Waals surface area contributed by atoms with Gasteiger partial charge in [0.05, 0.1) is 13.0 Å². The standard InChI is InChI=1S/C15H17ClN2O2/c1-3-6-18-15(19)13(10-17)8-11-4-5-14(20-2)12(7-11)9-16/h4-5,7-8H,3,6,9H2,1-2H3,(H,18,19)/b13-8-. The summed E-state index contributed by atoms with van der Waals surface area (Å²) in [6.07, 6.45) is 2.36. The van der Waals surface area contributed by atoms with E-state index in [1.165, 1.54) is 0 Å². The average Bonchev–Trinajstić information content (AvgIpc) is 2.49. The number of carbonyl (C=O) groups excluding carboxylic acids is 1. The fourth-order valence-electron chi connectivity index (χ4n) is 1.64. The molecule has 1 aromatic carbocycles. The second kappa shape index (κ2) is 8.23. The molecule has 1 N–H and O–H groups in total. The zero-order valence-corrected chi connectivity index (χ0v) is 12.3. The minimum atomic E-state index is -0.363. The summed E-state index contributed by atoms with van der Waals surface area (Å²) in [6.45, 7) is 2.50. The summed E-state index contributed by atoms with van der Waals surface area (Å²) in [4.78, 5) is 11.8. The normalized spacial score (nSPS) is 10.8. The monoisotopic (exact) mass is 292 g/mol. The summed E-state index contributed by atoms with van der Waals surface area (Å²) >= 11 is 5.84. The first-order chi connectivity index (χ1) is 9.65. The molecule has 0 aromatic heterocycles. The van der Waals surface area contributed by atoms with Crippen molar-refractivity contribution in [3.63, 3.8) is 0 Å². The molecule has 0 saturated carbocycles. The number of methoxy groups -OCH3 is 1. The van der Waals surface area contributed by atoms with Crippen molar-refractivity contribution in [3.05, 3.63) is 34.9 Å². The molecule has 4 nitrogen and oxygen atoms in total. The summed E-state index contributed by atoms with van der Waals surface area (Å²) in [5, 5.41) is 11.7. The van der Waals surface area contributed by atoms with Gasteiger partial charge < -0.3 is 10.1 Å². The molecule has 0 bridgehead atoms. The van der Waals surface area contributed by atoms with Crippen molar-refractivity contribution in [1.29, 1.82) is 5.26 Å². The van der Waals surface area contributed by atoms with Gasteiger partial charge in [-0.3, -0.25) is 4.79 Å². The van der Waals surface area contributed by atoms with E-state index in [9.17, 15) is 4.79 Å². The van der Waals surface area contributed by atoms with Gasteiger partial charge in [0.25, 0.3) is 5.91 Å². The summed E-state index contributed by atoms with van der Waals surface area (Å²) in [5.41, 5.74) is 1.63. The van der Waals surface area contributed by atoms with Gasteiger partial charge in [-0.15, -0.1) is 11.6 Å². The lowest BCUT2D eigenvalue weighted by Crippen LogP contribution is -2.25. The number of carbonyl (C=O) groups is 1. The number of amides is 1. The van der Waals surface area contributed by atoms with Crippen molar-refractivity contribution in [2.24, 2.45) is 0 Å². The molecule has 0 radical (unpaired) electrons. The smallest absolute Gasteiger partial charge is 0.261 e. The lowest BCUT2D eigenvalue weighted by molar-refractivity contribution is -0.117. The fourth-order valence-corrected chi connectivity index (χ4v) is 1.85. The molecule has 0 aliphatic carbocycles. The van der Waals surface area contributed by atoms with E-state index in [1.807, 2.05) is 13.0 Å². The third-order valence-electron chi connectivity index (χ3n) is 2.66. The van der Waals surface area contributed by atoms with Gasteiger partial charge in [0.15, 0.2) is 0 Å². The molecule has 0 unspecified atom stereocenters. The molecular formula is C15H17ClN2O2. The van der Waals surface area contributed by atoms with Gasteiger partial charge in [0, 0.05) is 12.1 Å². The van der Waals surface area contributed by atoms with Crippen LogP contribution in [0.5, 0.6) is 5.75 Å². The predicted octanol–water partition coefficient (Wildman–Crippen LogP) is 2.87. The van der Waals surface area contributed by atoms with Crippen LogP contribution in [-0.4, -0.2) is 19.6 Å². The molecule has 0 fully saturated rings. The molecule has 0 atom stereocenters. The van der Waals surface area contributed by atoms with Crippen LogP contribution in [0.3, 0.4) is 0 Å². The number of hydrogen-bond acceptors (Lipinski definition) is 3. The molecule has 106 valence electrons. The first-order valence-corrected chi connectivity index (χ1v) is 6.82. The Morgan fingerprint density at radius 2 is 2.30 bits per heavy atom. The molecule has 5 heteroatoms. The first kappa shape index (κ1) is 16.1. The van der Waals surface area contributed by atoms with Crippen molar-refractivity contribution in [3.8, 4) is 11.8 Å². The Labute approximate surface area is 124 Å². The number of ether oxygens (including phenoxy) is 1. The lowest BCUT2D eigenvalue weighted by Gasteiger charge is -2.07. The molecule has 0 spiro atoms. The summed E-state index contributed by atoms with van der Waals surface area (Å²) in [5.74, 6) is 0.623. The van der Waals surface area contributed by atoms with Crippen LogP contribution in [0.2, 0.25) is 0 Å². The van der Waals surface area contributed by atoms with Crippen molar-refractivity contribution < 1.29 is 9.53 Å². The number of nitrogens with one attached hydrogen (secondary N) is 1. The van der Waals surface area contributed by atoms with E-state index in [0.717, 1.165) is 17.5 Å². The molecule has 0 aliphatic heterocycles. The number of nitrogens with zero attached hydrogens (tertiary/aromatic N) is 1. The highest BCUT2D eigenvalue weighted by Crippen LogP contribution is 2.22. The Balaban J connectivity index is 3.01. The summed E-state index contributed by atoms with van der Waals surface area (Å²) in [6, 6.07) is 7.26. The molecule has 0 saturated heterocycles. The Kier molecular flexibility index (Phi) is 6.61. The maximum Gasteiger partial charge on any atom is 0.261 e. The minimum absolute atomic E-state index is 0.0733. The molecule has 1 rings (SSSR count). The van der Waals surface area contributed by atoms with Crippen LogP contribution in [0.4, 0.5) is 0 Å². The van der Waals surface area contributed by atoms with Crippen LogP contribution in [-0.2, 0) is 10.7 Å². The van der Waals surface area contributed by atoms with E-state index in [1.54, 1.807) is 31.4 Å².